The van der Waals surface area contributed by atoms with Gasteiger partial charge in [0, 0.05) is 19.5 Å². The largest absolute Gasteiger partial charge is 0.467 e. The lowest BCUT2D eigenvalue weighted by atomic mass is 9.94. The number of nitrogens with one attached hydrogen (secondary N) is 1. The molecule has 0 aliphatic carbocycles. The lowest BCUT2D eigenvalue weighted by molar-refractivity contribution is -0.162. The molecule has 0 saturated carbocycles. The highest BCUT2D eigenvalue weighted by atomic mass is 16.5. The molecule has 1 heterocycles. The van der Waals surface area contributed by atoms with Crippen LogP contribution in [0.1, 0.15) is 19.8 Å². The minimum Gasteiger partial charge on any atom is -0.467 e. The molecule has 0 bridgehead atoms. The molecule has 1 fully saturated rings. The van der Waals surface area contributed by atoms with Crippen LogP contribution in [0.2, 0.25) is 0 Å². The Hall–Kier alpha value is -1.14. The first-order valence-corrected chi connectivity index (χ1v) is 6.15. The molecule has 0 aromatic rings. The van der Waals surface area contributed by atoms with E-state index in [1.807, 2.05) is 4.90 Å². The number of esters is 1. The van der Waals surface area contributed by atoms with Crippen molar-refractivity contribution in [2.24, 2.45) is 5.92 Å². The summed E-state index contributed by atoms with van der Waals surface area (Å²) >= 11 is 0. The zero-order valence-corrected chi connectivity index (χ0v) is 11.2. The topological polar surface area (TPSA) is 78.9 Å². The number of β-amino-alcohol motifs (C(OH)–C–C–N with tert-alkyl or cyclic N) is 1. The average Bonchev–Trinajstić information content (AvgIpc) is 2.37. The number of hydrogen-bond donors (Lipinski definition) is 2. The molecule has 18 heavy (non-hydrogen) atoms. The molecule has 1 saturated heterocycles. The van der Waals surface area contributed by atoms with Crippen molar-refractivity contribution in [2.75, 3.05) is 33.8 Å². The maximum absolute atomic E-state index is 11.5. The monoisotopic (exact) mass is 258 g/mol. The summed E-state index contributed by atoms with van der Waals surface area (Å²) in [7, 11) is 2.89. The number of ether oxygens (including phenoxy) is 1. The first-order valence-electron chi connectivity index (χ1n) is 6.15. The second-order valence-corrected chi connectivity index (χ2v) is 4.93. The number of hydrogen-bond acceptors (Lipinski definition) is 5. The van der Waals surface area contributed by atoms with E-state index in [1.165, 1.54) is 14.0 Å². The molecule has 2 N–H and O–H groups in total. The summed E-state index contributed by atoms with van der Waals surface area (Å²) in [6, 6.07) is 0. The minimum absolute atomic E-state index is 0.0364. The van der Waals surface area contributed by atoms with Crippen molar-refractivity contribution < 1.29 is 19.4 Å². The van der Waals surface area contributed by atoms with Crippen molar-refractivity contribution in [1.29, 1.82) is 0 Å². The third-order valence-corrected chi connectivity index (χ3v) is 3.36. The second kappa shape index (κ2) is 6.15. The van der Waals surface area contributed by atoms with Gasteiger partial charge in [0.1, 0.15) is 0 Å². The summed E-state index contributed by atoms with van der Waals surface area (Å²) in [4.78, 5) is 24.8. The Kier molecular flexibility index (Phi) is 5.10. The number of carbonyl (C=O) groups excluding carboxylic acids is 2. The molecule has 0 aromatic carbocycles. The predicted molar refractivity (Wildman–Crippen MR) is 65.9 cm³/mol. The summed E-state index contributed by atoms with van der Waals surface area (Å²) < 4.78 is 4.55. The SMILES string of the molecule is CNC(=O)C1CCN(CC(C)(O)C(=O)OC)CC1. The molecule has 0 spiro atoms. The van der Waals surface area contributed by atoms with E-state index in [-0.39, 0.29) is 18.4 Å². The summed E-state index contributed by atoms with van der Waals surface area (Å²) in [6.45, 7) is 3.08. The predicted octanol–water partition coefficient (Wildman–Crippen LogP) is -0.632. The lowest BCUT2D eigenvalue weighted by Gasteiger charge is -2.34. The van der Waals surface area contributed by atoms with E-state index in [2.05, 4.69) is 10.1 Å². The highest BCUT2D eigenvalue weighted by Crippen LogP contribution is 2.19. The number of piperidine rings is 1. The third kappa shape index (κ3) is 3.68. The molecule has 1 unspecified atom stereocenters. The van der Waals surface area contributed by atoms with E-state index in [1.54, 1.807) is 7.05 Å². The van der Waals surface area contributed by atoms with Crippen LogP contribution in [0.4, 0.5) is 0 Å². The van der Waals surface area contributed by atoms with Crippen LogP contribution in [0.15, 0.2) is 0 Å². The lowest BCUT2D eigenvalue weighted by Crippen LogP contribution is -2.50. The molecule has 1 amide bonds. The van der Waals surface area contributed by atoms with Gasteiger partial charge in [0.2, 0.25) is 5.91 Å². The van der Waals surface area contributed by atoms with E-state index < -0.39 is 11.6 Å². The maximum atomic E-state index is 11.5. The van der Waals surface area contributed by atoms with Gasteiger partial charge in [0.25, 0.3) is 0 Å². The highest BCUT2D eigenvalue weighted by molar-refractivity contribution is 5.79. The second-order valence-electron chi connectivity index (χ2n) is 4.93. The van der Waals surface area contributed by atoms with Gasteiger partial charge >= 0.3 is 5.97 Å². The quantitative estimate of drug-likeness (QED) is 0.656. The van der Waals surface area contributed by atoms with E-state index in [9.17, 15) is 14.7 Å². The molecule has 6 nitrogen and oxygen atoms in total. The van der Waals surface area contributed by atoms with Crippen LogP contribution in [-0.2, 0) is 14.3 Å². The molecule has 0 radical (unpaired) electrons. The number of methoxy groups -OCH3 is 1. The summed E-state index contributed by atoms with van der Waals surface area (Å²) in [5.74, 6) is -0.528. The maximum Gasteiger partial charge on any atom is 0.338 e. The van der Waals surface area contributed by atoms with Gasteiger partial charge in [-0.05, 0) is 32.9 Å². The Bertz CT molecular complexity index is 309. The standard InChI is InChI=1S/C12H22N2O4/c1-12(17,11(16)18-3)8-14-6-4-9(5-7-14)10(15)13-2/h9,17H,4-8H2,1-3H3,(H,13,15). The van der Waals surface area contributed by atoms with Crippen molar-refractivity contribution in [1.82, 2.24) is 10.2 Å². The van der Waals surface area contributed by atoms with E-state index in [0.29, 0.717) is 13.1 Å². The Morgan fingerprint density at radius 3 is 2.44 bits per heavy atom. The molecular formula is C12H22N2O4. The number of amides is 1. The van der Waals surface area contributed by atoms with Gasteiger partial charge in [-0.2, -0.15) is 0 Å². The first-order chi connectivity index (χ1) is 8.40. The summed E-state index contributed by atoms with van der Waals surface area (Å²) in [5.41, 5.74) is -1.49. The van der Waals surface area contributed by atoms with Crippen LogP contribution in [0.5, 0.6) is 0 Å². The van der Waals surface area contributed by atoms with Crippen molar-refractivity contribution in [3.63, 3.8) is 0 Å². The molecular weight excluding hydrogens is 236 g/mol. The molecule has 0 aromatic heterocycles. The van der Waals surface area contributed by atoms with Crippen molar-refractivity contribution in [3.05, 3.63) is 0 Å². The third-order valence-electron chi connectivity index (χ3n) is 3.36. The number of rotatable bonds is 4. The smallest absolute Gasteiger partial charge is 0.338 e. The highest BCUT2D eigenvalue weighted by Gasteiger charge is 2.35. The number of aliphatic hydroxyl groups is 1. The van der Waals surface area contributed by atoms with Crippen LogP contribution >= 0.6 is 0 Å². The van der Waals surface area contributed by atoms with Gasteiger partial charge in [0.15, 0.2) is 5.60 Å². The van der Waals surface area contributed by atoms with Gasteiger partial charge in [-0.15, -0.1) is 0 Å². The fourth-order valence-electron chi connectivity index (χ4n) is 2.28. The fraction of sp³-hybridized carbons (Fsp3) is 0.833. The number of carbonyl (C=O) groups is 2. The van der Waals surface area contributed by atoms with E-state index in [4.69, 9.17) is 0 Å². The molecule has 1 rings (SSSR count). The summed E-state index contributed by atoms with van der Waals surface area (Å²) in [6.07, 6.45) is 1.49. The number of nitrogens with zero attached hydrogens (tertiary/aromatic N) is 1. The van der Waals surface area contributed by atoms with Crippen molar-refractivity contribution in [2.45, 2.75) is 25.4 Å². The zero-order valence-electron chi connectivity index (χ0n) is 11.2. The Morgan fingerprint density at radius 1 is 1.44 bits per heavy atom. The molecule has 6 heteroatoms. The molecule has 1 atom stereocenters. The van der Waals surface area contributed by atoms with Gasteiger partial charge in [-0.3, -0.25) is 9.69 Å². The minimum atomic E-state index is -1.49. The Morgan fingerprint density at radius 2 is 2.00 bits per heavy atom. The van der Waals surface area contributed by atoms with Crippen molar-refractivity contribution in [3.8, 4) is 0 Å². The molecule has 1 aliphatic heterocycles. The van der Waals surface area contributed by atoms with Gasteiger partial charge in [0.05, 0.1) is 7.11 Å². The van der Waals surface area contributed by atoms with Gasteiger partial charge in [-0.25, -0.2) is 4.79 Å². The average molecular weight is 258 g/mol. The van der Waals surface area contributed by atoms with Crippen LogP contribution in [0.25, 0.3) is 0 Å². The zero-order chi connectivity index (χ0) is 13.8. The normalized spacial score (nSPS) is 21.1. The van der Waals surface area contributed by atoms with Crippen LogP contribution in [0.3, 0.4) is 0 Å². The van der Waals surface area contributed by atoms with Crippen LogP contribution in [-0.4, -0.2) is 61.3 Å². The first kappa shape index (κ1) is 14.9. The van der Waals surface area contributed by atoms with Gasteiger partial charge < -0.3 is 15.2 Å². The number of likely N-dealkylation sites (tertiary alicyclic amines) is 1. The fourth-order valence-corrected chi connectivity index (χ4v) is 2.28. The molecule has 104 valence electrons. The van der Waals surface area contributed by atoms with Crippen LogP contribution in [0, 0.1) is 5.92 Å². The summed E-state index contributed by atoms with van der Waals surface area (Å²) in [5, 5.41) is 12.6. The van der Waals surface area contributed by atoms with E-state index in [0.717, 1.165) is 12.8 Å². The Balaban J connectivity index is 2.44. The van der Waals surface area contributed by atoms with Crippen LogP contribution < -0.4 is 5.32 Å². The van der Waals surface area contributed by atoms with Gasteiger partial charge in [-0.1, -0.05) is 0 Å². The molecule has 1 aliphatic rings. The van der Waals surface area contributed by atoms with E-state index >= 15 is 0 Å². The van der Waals surface area contributed by atoms with Crippen molar-refractivity contribution >= 4 is 11.9 Å². The Labute approximate surface area is 107 Å².